The van der Waals surface area contributed by atoms with E-state index in [0.717, 1.165) is 31.2 Å². The van der Waals surface area contributed by atoms with Crippen molar-refractivity contribution in [3.8, 4) is 5.69 Å². The van der Waals surface area contributed by atoms with E-state index in [1.54, 1.807) is 4.90 Å². The predicted molar refractivity (Wildman–Crippen MR) is 108 cm³/mol. The molecule has 2 amide bonds. The molecular formula is C20H24N4O4S. The van der Waals surface area contributed by atoms with E-state index in [-0.39, 0.29) is 17.3 Å². The van der Waals surface area contributed by atoms with Crippen molar-refractivity contribution in [2.75, 3.05) is 18.4 Å². The van der Waals surface area contributed by atoms with Crippen LogP contribution in [-0.2, 0) is 30.9 Å². The maximum atomic E-state index is 12.7. The lowest BCUT2D eigenvalue weighted by atomic mass is 10.2. The Balaban J connectivity index is 1.65. The molecule has 2 aromatic rings. The molecule has 2 aliphatic rings. The molecule has 0 unspecified atom stereocenters. The standard InChI is InChI=1S/C20H24N4O4S/c1-14-6-8-15(9-7-14)24-18(16-12-29(27,28)13-17(16)22-24)21-19(25)20(26)23-10-4-2-3-5-11-23/h6-9H,2-5,10-13H2,1H3,(H,21,25). The summed E-state index contributed by atoms with van der Waals surface area (Å²) in [5.41, 5.74) is 2.64. The Morgan fingerprint density at radius 2 is 1.66 bits per heavy atom. The molecule has 0 spiro atoms. The number of hydrogen-bond acceptors (Lipinski definition) is 5. The van der Waals surface area contributed by atoms with Gasteiger partial charge in [-0.05, 0) is 31.9 Å². The molecule has 0 saturated carbocycles. The summed E-state index contributed by atoms with van der Waals surface area (Å²) in [6, 6.07) is 7.51. The number of amides is 2. The van der Waals surface area contributed by atoms with Gasteiger partial charge in [-0.3, -0.25) is 9.59 Å². The molecule has 1 aromatic carbocycles. The summed E-state index contributed by atoms with van der Waals surface area (Å²) in [6.45, 7) is 3.09. The third-order valence-electron chi connectivity index (χ3n) is 5.39. The molecule has 0 aliphatic carbocycles. The molecule has 0 bridgehead atoms. The quantitative estimate of drug-likeness (QED) is 0.754. The molecule has 1 saturated heterocycles. The van der Waals surface area contributed by atoms with Crippen LogP contribution >= 0.6 is 0 Å². The molecule has 154 valence electrons. The van der Waals surface area contributed by atoms with Crippen molar-refractivity contribution in [3.05, 3.63) is 41.1 Å². The van der Waals surface area contributed by atoms with Gasteiger partial charge in [0.2, 0.25) is 0 Å². The number of nitrogens with one attached hydrogen (secondary N) is 1. The molecular weight excluding hydrogens is 392 g/mol. The van der Waals surface area contributed by atoms with Crippen molar-refractivity contribution < 1.29 is 18.0 Å². The van der Waals surface area contributed by atoms with E-state index in [0.29, 0.717) is 30.0 Å². The first-order valence-corrected chi connectivity index (χ1v) is 11.6. The molecule has 3 heterocycles. The fourth-order valence-corrected chi connectivity index (χ4v) is 5.32. The van der Waals surface area contributed by atoms with Crippen LogP contribution in [0.15, 0.2) is 24.3 Å². The SMILES string of the molecule is Cc1ccc(-n2nc3c(c2NC(=O)C(=O)N2CCCCCC2)CS(=O)(=O)C3)cc1. The molecule has 1 fully saturated rings. The fourth-order valence-electron chi connectivity index (χ4n) is 3.82. The highest BCUT2D eigenvalue weighted by Crippen LogP contribution is 2.33. The summed E-state index contributed by atoms with van der Waals surface area (Å²) in [7, 11) is -3.29. The largest absolute Gasteiger partial charge is 0.334 e. The molecule has 4 rings (SSSR count). The summed E-state index contributed by atoms with van der Waals surface area (Å²) in [5.74, 6) is -1.44. The van der Waals surface area contributed by atoms with E-state index in [9.17, 15) is 18.0 Å². The van der Waals surface area contributed by atoms with Gasteiger partial charge in [-0.2, -0.15) is 5.10 Å². The summed E-state index contributed by atoms with van der Waals surface area (Å²) < 4.78 is 25.6. The zero-order valence-corrected chi connectivity index (χ0v) is 17.2. The van der Waals surface area contributed by atoms with Gasteiger partial charge in [0.25, 0.3) is 0 Å². The van der Waals surface area contributed by atoms with Crippen LogP contribution in [0.2, 0.25) is 0 Å². The first-order chi connectivity index (χ1) is 13.8. The van der Waals surface area contributed by atoms with Crippen LogP contribution in [0.1, 0.15) is 42.5 Å². The zero-order valence-electron chi connectivity index (χ0n) is 16.3. The number of carbonyl (C=O) groups is 2. The van der Waals surface area contributed by atoms with Gasteiger partial charge in [-0.15, -0.1) is 0 Å². The number of likely N-dealkylation sites (tertiary alicyclic amines) is 1. The van der Waals surface area contributed by atoms with Gasteiger partial charge in [-0.25, -0.2) is 13.1 Å². The van der Waals surface area contributed by atoms with Gasteiger partial charge < -0.3 is 10.2 Å². The third kappa shape index (κ3) is 4.05. The first-order valence-electron chi connectivity index (χ1n) is 9.82. The van der Waals surface area contributed by atoms with Crippen molar-refractivity contribution >= 4 is 27.5 Å². The van der Waals surface area contributed by atoms with Crippen LogP contribution in [0.4, 0.5) is 5.82 Å². The van der Waals surface area contributed by atoms with Crippen molar-refractivity contribution in [3.63, 3.8) is 0 Å². The molecule has 9 heteroatoms. The van der Waals surface area contributed by atoms with E-state index >= 15 is 0 Å². The van der Waals surface area contributed by atoms with Crippen LogP contribution in [0.5, 0.6) is 0 Å². The summed E-state index contributed by atoms with van der Waals surface area (Å²) in [6.07, 6.45) is 3.87. The monoisotopic (exact) mass is 416 g/mol. The number of anilines is 1. The lowest BCUT2D eigenvalue weighted by Gasteiger charge is -2.20. The zero-order chi connectivity index (χ0) is 20.6. The first kappa shape index (κ1) is 19.6. The maximum Gasteiger partial charge on any atom is 0.315 e. The molecule has 8 nitrogen and oxygen atoms in total. The number of carbonyl (C=O) groups excluding carboxylic acids is 2. The van der Waals surface area contributed by atoms with Crippen LogP contribution < -0.4 is 5.32 Å². The van der Waals surface area contributed by atoms with Crippen molar-refractivity contribution in [1.29, 1.82) is 0 Å². The van der Waals surface area contributed by atoms with Crippen molar-refractivity contribution in [1.82, 2.24) is 14.7 Å². The average Bonchev–Trinajstić information content (AvgIpc) is 3.00. The molecule has 0 atom stereocenters. The van der Waals surface area contributed by atoms with E-state index in [4.69, 9.17) is 0 Å². The number of sulfone groups is 1. The lowest BCUT2D eigenvalue weighted by molar-refractivity contribution is -0.143. The Morgan fingerprint density at radius 3 is 2.31 bits per heavy atom. The van der Waals surface area contributed by atoms with Gasteiger partial charge in [0.15, 0.2) is 9.84 Å². The summed E-state index contributed by atoms with van der Waals surface area (Å²) >= 11 is 0. The molecule has 2 aliphatic heterocycles. The Hall–Kier alpha value is -2.68. The maximum absolute atomic E-state index is 12.7. The van der Waals surface area contributed by atoms with Gasteiger partial charge >= 0.3 is 11.8 Å². The van der Waals surface area contributed by atoms with Crippen molar-refractivity contribution in [2.45, 2.75) is 44.1 Å². The third-order valence-corrected chi connectivity index (χ3v) is 6.83. The van der Waals surface area contributed by atoms with E-state index < -0.39 is 21.7 Å². The van der Waals surface area contributed by atoms with E-state index in [1.807, 2.05) is 31.2 Å². The minimum atomic E-state index is -3.29. The van der Waals surface area contributed by atoms with Gasteiger partial charge in [0, 0.05) is 18.7 Å². The second-order valence-corrected chi connectivity index (χ2v) is 9.78. The fraction of sp³-hybridized carbons (Fsp3) is 0.450. The summed E-state index contributed by atoms with van der Waals surface area (Å²) in [4.78, 5) is 27.0. The highest BCUT2D eigenvalue weighted by atomic mass is 32.2. The van der Waals surface area contributed by atoms with Crippen LogP contribution in [0.3, 0.4) is 0 Å². The Kier molecular flexibility index (Phi) is 5.16. The second kappa shape index (κ2) is 7.62. The van der Waals surface area contributed by atoms with Gasteiger partial charge in [0.1, 0.15) is 5.82 Å². The smallest absolute Gasteiger partial charge is 0.315 e. The molecule has 29 heavy (non-hydrogen) atoms. The number of aryl methyl sites for hydroxylation is 1. The number of benzene rings is 1. The topological polar surface area (TPSA) is 101 Å². The Morgan fingerprint density at radius 1 is 1.00 bits per heavy atom. The minimum absolute atomic E-state index is 0.163. The Bertz CT molecular complexity index is 1050. The van der Waals surface area contributed by atoms with Gasteiger partial charge in [0.05, 0.1) is 22.9 Å². The summed E-state index contributed by atoms with van der Waals surface area (Å²) in [5, 5.41) is 7.09. The second-order valence-electron chi connectivity index (χ2n) is 7.71. The minimum Gasteiger partial charge on any atom is -0.334 e. The van der Waals surface area contributed by atoms with Crippen LogP contribution in [0.25, 0.3) is 5.69 Å². The number of rotatable bonds is 2. The number of aromatic nitrogens is 2. The van der Waals surface area contributed by atoms with Crippen molar-refractivity contribution in [2.24, 2.45) is 0 Å². The predicted octanol–water partition coefficient (Wildman–Crippen LogP) is 1.95. The normalized spacial score (nSPS) is 18.2. The number of nitrogens with zero attached hydrogens (tertiary/aromatic N) is 3. The molecule has 1 aromatic heterocycles. The van der Waals surface area contributed by atoms with Crippen LogP contribution in [0, 0.1) is 6.92 Å². The molecule has 1 N–H and O–H groups in total. The molecule has 0 radical (unpaired) electrons. The number of hydrogen-bond donors (Lipinski definition) is 1. The van der Waals surface area contributed by atoms with E-state index in [2.05, 4.69) is 10.4 Å². The average molecular weight is 417 g/mol. The highest BCUT2D eigenvalue weighted by molar-refractivity contribution is 7.90. The Labute approximate surface area is 169 Å². The van der Waals surface area contributed by atoms with Crippen LogP contribution in [-0.4, -0.2) is 48.0 Å². The lowest BCUT2D eigenvalue weighted by Crippen LogP contribution is -2.40. The number of fused-ring (bicyclic) bond motifs is 1. The highest BCUT2D eigenvalue weighted by Gasteiger charge is 2.34. The van der Waals surface area contributed by atoms with Gasteiger partial charge in [-0.1, -0.05) is 30.5 Å². The van der Waals surface area contributed by atoms with E-state index in [1.165, 1.54) is 4.68 Å².